The van der Waals surface area contributed by atoms with Crippen LogP contribution in [0.5, 0.6) is 11.5 Å². The third-order valence-electron chi connectivity index (χ3n) is 3.57. The third-order valence-corrected chi connectivity index (χ3v) is 3.57. The van der Waals surface area contributed by atoms with Gasteiger partial charge in [0.05, 0.1) is 13.5 Å². The third kappa shape index (κ3) is 8.80. The Hall–Kier alpha value is -3.41. The molecule has 0 fully saturated rings. The summed E-state index contributed by atoms with van der Waals surface area (Å²) in [6.07, 6.45) is 10.8. The second-order valence-electron chi connectivity index (χ2n) is 5.60. The number of aliphatic hydroxyl groups is 1. The van der Waals surface area contributed by atoms with Crippen molar-refractivity contribution < 1.29 is 19.4 Å². The first-order chi connectivity index (χ1) is 13.6. The number of ether oxygens (including phenoxy) is 2. The number of carbonyl (C=O) groups excluding carboxylic acids is 1. The predicted molar refractivity (Wildman–Crippen MR) is 110 cm³/mol. The fraction of sp³-hybridized carbons (Fsp3) is 0.261. The highest BCUT2D eigenvalue weighted by Crippen LogP contribution is 2.28. The molecule has 0 saturated carbocycles. The Labute approximate surface area is 166 Å². The zero-order valence-corrected chi connectivity index (χ0v) is 16.0. The predicted octanol–water partition coefficient (Wildman–Crippen LogP) is 2.22. The number of aliphatic hydroxyl groups excluding tert-OH is 1. The molecule has 1 amide bonds. The Morgan fingerprint density at radius 1 is 1.07 bits per heavy atom. The van der Waals surface area contributed by atoms with E-state index in [1.165, 1.54) is 0 Å². The summed E-state index contributed by atoms with van der Waals surface area (Å²) in [5.74, 6) is 5.68. The van der Waals surface area contributed by atoms with Crippen LogP contribution in [0.4, 0.5) is 0 Å². The summed E-state index contributed by atoms with van der Waals surface area (Å²) in [5.41, 5.74) is 2.06. The molecule has 0 aliphatic rings. The Morgan fingerprint density at radius 2 is 1.79 bits per heavy atom. The Kier molecular flexibility index (Phi) is 11.1. The molecule has 0 bridgehead atoms. The molecule has 0 atom stereocenters. The van der Waals surface area contributed by atoms with Crippen molar-refractivity contribution in [1.82, 2.24) is 5.32 Å². The molecule has 2 N–H and O–H groups in total. The van der Waals surface area contributed by atoms with Crippen LogP contribution in [0.3, 0.4) is 0 Å². The first kappa shape index (κ1) is 22.6. The minimum absolute atomic E-state index is 0.0159. The number of amides is 1. The van der Waals surface area contributed by atoms with Gasteiger partial charge in [-0.1, -0.05) is 48.2 Å². The number of benzene rings is 2. The smallest absolute Gasteiger partial charge is 0.224 e. The van der Waals surface area contributed by atoms with Gasteiger partial charge in [0, 0.05) is 6.54 Å². The number of hydrogen-bond donors (Lipinski definition) is 2. The summed E-state index contributed by atoms with van der Waals surface area (Å²) >= 11 is 0. The molecule has 0 spiro atoms. The topological polar surface area (TPSA) is 67.8 Å². The van der Waals surface area contributed by atoms with Gasteiger partial charge < -0.3 is 19.9 Å². The summed E-state index contributed by atoms with van der Waals surface area (Å²) in [6.45, 7) is 0.616. The Morgan fingerprint density at radius 3 is 2.39 bits per heavy atom. The molecule has 0 aliphatic heterocycles. The molecule has 0 aliphatic carbocycles. The lowest BCUT2D eigenvalue weighted by molar-refractivity contribution is -0.120. The van der Waals surface area contributed by atoms with Gasteiger partial charge in [-0.25, -0.2) is 0 Å². The van der Waals surface area contributed by atoms with Crippen molar-refractivity contribution in [1.29, 1.82) is 0 Å². The van der Waals surface area contributed by atoms with Gasteiger partial charge in [-0.2, -0.15) is 0 Å². The van der Waals surface area contributed by atoms with E-state index in [0.29, 0.717) is 30.9 Å². The van der Waals surface area contributed by atoms with Gasteiger partial charge in [-0.3, -0.25) is 4.79 Å². The van der Waals surface area contributed by atoms with Crippen molar-refractivity contribution in [2.24, 2.45) is 0 Å². The zero-order valence-electron chi connectivity index (χ0n) is 16.0. The number of rotatable bonds is 8. The normalized spacial score (nSPS) is 9.14. The molecular weight excluding hydrogens is 354 g/mol. The van der Waals surface area contributed by atoms with Crippen LogP contribution >= 0.6 is 0 Å². The molecule has 5 nitrogen and oxygen atoms in total. The molecule has 0 radical (unpaired) electrons. The fourth-order valence-electron chi connectivity index (χ4n) is 2.30. The minimum atomic E-state index is -0.153. The van der Waals surface area contributed by atoms with E-state index in [4.69, 9.17) is 21.0 Å². The van der Waals surface area contributed by atoms with Crippen molar-refractivity contribution in [2.75, 3.05) is 26.9 Å². The van der Waals surface area contributed by atoms with E-state index >= 15 is 0 Å². The van der Waals surface area contributed by atoms with Crippen molar-refractivity contribution >= 4 is 5.91 Å². The van der Waals surface area contributed by atoms with Crippen LogP contribution in [0.1, 0.15) is 11.1 Å². The van der Waals surface area contributed by atoms with Gasteiger partial charge in [0.25, 0.3) is 0 Å². The van der Waals surface area contributed by atoms with Crippen LogP contribution in [0, 0.1) is 24.7 Å². The Balaban J connectivity index is 0.000000892. The highest BCUT2D eigenvalue weighted by molar-refractivity contribution is 5.78. The van der Waals surface area contributed by atoms with Gasteiger partial charge in [0.15, 0.2) is 11.5 Å². The van der Waals surface area contributed by atoms with Crippen LogP contribution in [0.25, 0.3) is 0 Å². The SMILES string of the molecule is C#CCO.C#CCOc1ccc(CCNC(=O)Cc2ccccc2)cc1OC. The van der Waals surface area contributed by atoms with Crippen molar-refractivity contribution in [2.45, 2.75) is 12.8 Å². The molecule has 5 heteroatoms. The average molecular weight is 379 g/mol. The summed E-state index contributed by atoms with van der Waals surface area (Å²) < 4.78 is 10.7. The quantitative estimate of drug-likeness (QED) is 0.690. The molecular formula is C23H25NO4. The van der Waals surface area contributed by atoms with Crippen LogP contribution < -0.4 is 14.8 Å². The maximum Gasteiger partial charge on any atom is 0.224 e. The lowest BCUT2D eigenvalue weighted by atomic mass is 10.1. The summed E-state index contributed by atoms with van der Waals surface area (Å²) in [7, 11) is 1.59. The molecule has 0 heterocycles. The number of terminal acetylenes is 2. The zero-order chi connectivity index (χ0) is 20.6. The van der Waals surface area contributed by atoms with E-state index in [-0.39, 0.29) is 19.1 Å². The number of nitrogens with one attached hydrogen (secondary N) is 1. The largest absolute Gasteiger partial charge is 0.493 e. The van der Waals surface area contributed by atoms with Crippen LogP contribution in [0.15, 0.2) is 48.5 Å². The Bertz CT molecular complexity index is 804. The van der Waals surface area contributed by atoms with Crippen LogP contribution in [-0.4, -0.2) is 37.9 Å². The van der Waals surface area contributed by atoms with E-state index in [1.54, 1.807) is 7.11 Å². The number of hydrogen-bond acceptors (Lipinski definition) is 4. The maximum atomic E-state index is 11.9. The number of methoxy groups -OCH3 is 1. The molecule has 2 rings (SSSR count). The maximum absolute atomic E-state index is 11.9. The molecule has 2 aromatic carbocycles. The first-order valence-electron chi connectivity index (χ1n) is 8.72. The van der Waals surface area contributed by atoms with E-state index in [0.717, 1.165) is 11.1 Å². The minimum Gasteiger partial charge on any atom is -0.493 e. The summed E-state index contributed by atoms with van der Waals surface area (Å²) in [4.78, 5) is 11.9. The molecule has 2 aromatic rings. The highest BCUT2D eigenvalue weighted by Gasteiger charge is 2.07. The monoisotopic (exact) mass is 379 g/mol. The molecule has 0 saturated heterocycles. The van der Waals surface area contributed by atoms with Gasteiger partial charge in [-0.15, -0.1) is 12.8 Å². The first-order valence-corrected chi connectivity index (χ1v) is 8.72. The lowest BCUT2D eigenvalue weighted by Crippen LogP contribution is -2.27. The molecule has 0 aromatic heterocycles. The van der Waals surface area contributed by atoms with E-state index in [2.05, 4.69) is 17.7 Å². The van der Waals surface area contributed by atoms with Gasteiger partial charge in [0.2, 0.25) is 5.91 Å². The molecule has 0 unspecified atom stereocenters. The summed E-state index contributed by atoms with van der Waals surface area (Å²) in [6, 6.07) is 15.4. The average Bonchev–Trinajstić information content (AvgIpc) is 2.73. The standard InChI is InChI=1S/C20H21NO3.C3H4O/c1-3-13-24-18-10-9-17(14-19(18)23-2)11-12-21-20(22)15-16-7-5-4-6-8-16;1-2-3-4/h1,4-10,14H,11-13,15H2,2H3,(H,21,22);1,4H,3H2. The van der Waals surface area contributed by atoms with Gasteiger partial charge in [0.1, 0.15) is 13.2 Å². The van der Waals surface area contributed by atoms with Crippen molar-refractivity contribution in [3.05, 3.63) is 59.7 Å². The van der Waals surface area contributed by atoms with Crippen LogP contribution in [0.2, 0.25) is 0 Å². The highest BCUT2D eigenvalue weighted by atomic mass is 16.5. The van der Waals surface area contributed by atoms with E-state index in [9.17, 15) is 4.79 Å². The molecule has 146 valence electrons. The van der Waals surface area contributed by atoms with Gasteiger partial charge in [-0.05, 0) is 29.7 Å². The van der Waals surface area contributed by atoms with E-state index in [1.807, 2.05) is 54.5 Å². The summed E-state index contributed by atoms with van der Waals surface area (Å²) in [5, 5.41) is 10.6. The number of carbonyl (C=O) groups is 1. The van der Waals surface area contributed by atoms with Crippen molar-refractivity contribution in [3.8, 4) is 36.2 Å². The second kappa shape index (κ2) is 13.7. The van der Waals surface area contributed by atoms with Crippen LogP contribution in [-0.2, 0) is 17.6 Å². The molecule has 28 heavy (non-hydrogen) atoms. The fourth-order valence-corrected chi connectivity index (χ4v) is 2.30. The van der Waals surface area contributed by atoms with Crippen molar-refractivity contribution in [3.63, 3.8) is 0 Å². The second-order valence-corrected chi connectivity index (χ2v) is 5.60. The van der Waals surface area contributed by atoms with Gasteiger partial charge >= 0.3 is 0 Å². The lowest BCUT2D eigenvalue weighted by Gasteiger charge is -2.11. The van der Waals surface area contributed by atoms with E-state index < -0.39 is 0 Å².